The molecule has 0 saturated carbocycles. The highest BCUT2D eigenvalue weighted by Gasteiger charge is 2.09. The highest BCUT2D eigenvalue weighted by atomic mass is 16.5. The van der Waals surface area contributed by atoms with E-state index >= 15 is 0 Å². The van der Waals surface area contributed by atoms with Crippen LogP contribution in [0.1, 0.15) is 37.3 Å². The smallest absolute Gasteiger partial charge is 0.122 e. The number of aliphatic hydroxyl groups excluding tert-OH is 2. The SMILES string of the molecule is COc1ccc(CCC(O)CO)cc1C(C)C. The topological polar surface area (TPSA) is 49.7 Å². The van der Waals surface area contributed by atoms with Gasteiger partial charge in [0.2, 0.25) is 0 Å². The minimum absolute atomic E-state index is 0.173. The van der Waals surface area contributed by atoms with Gasteiger partial charge >= 0.3 is 0 Å². The van der Waals surface area contributed by atoms with Gasteiger partial charge in [0.1, 0.15) is 5.75 Å². The fourth-order valence-electron chi connectivity index (χ4n) is 1.82. The number of methoxy groups -OCH3 is 1. The third-order valence-electron chi connectivity index (χ3n) is 2.89. The Labute approximate surface area is 103 Å². The van der Waals surface area contributed by atoms with E-state index in [0.717, 1.165) is 12.2 Å². The molecule has 17 heavy (non-hydrogen) atoms. The number of aryl methyl sites for hydroxylation is 1. The van der Waals surface area contributed by atoms with Crippen LogP contribution in [0.5, 0.6) is 5.75 Å². The van der Waals surface area contributed by atoms with Gasteiger partial charge in [-0.2, -0.15) is 0 Å². The van der Waals surface area contributed by atoms with Crippen LogP contribution in [0, 0.1) is 0 Å². The van der Waals surface area contributed by atoms with Gasteiger partial charge < -0.3 is 14.9 Å². The maximum absolute atomic E-state index is 9.32. The lowest BCUT2D eigenvalue weighted by Gasteiger charge is -2.14. The van der Waals surface area contributed by atoms with Crippen molar-refractivity contribution in [2.24, 2.45) is 0 Å². The fraction of sp³-hybridized carbons (Fsp3) is 0.571. The van der Waals surface area contributed by atoms with Gasteiger partial charge in [-0.15, -0.1) is 0 Å². The molecule has 0 bridgehead atoms. The molecule has 3 heteroatoms. The molecule has 3 nitrogen and oxygen atoms in total. The number of hydrogen-bond acceptors (Lipinski definition) is 3. The number of aliphatic hydroxyl groups is 2. The lowest BCUT2D eigenvalue weighted by Crippen LogP contribution is -2.12. The second-order valence-electron chi connectivity index (χ2n) is 4.61. The average Bonchev–Trinajstić information content (AvgIpc) is 2.35. The molecular formula is C14H22O3. The summed E-state index contributed by atoms with van der Waals surface area (Å²) in [7, 11) is 1.68. The van der Waals surface area contributed by atoms with Crippen molar-refractivity contribution < 1.29 is 14.9 Å². The summed E-state index contributed by atoms with van der Waals surface area (Å²) in [5.74, 6) is 1.32. The van der Waals surface area contributed by atoms with Crippen LogP contribution in [-0.4, -0.2) is 30.0 Å². The quantitative estimate of drug-likeness (QED) is 0.798. The molecule has 0 aromatic heterocycles. The van der Waals surface area contributed by atoms with Crippen LogP contribution in [0.2, 0.25) is 0 Å². The van der Waals surface area contributed by atoms with Gasteiger partial charge in [0.25, 0.3) is 0 Å². The van der Waals surface area contributed by atoms with Gasteiger partial charge in [-0.3, -0.25) is 0 Å². The Balaban J connectivity index is 2.78. The Morgan fingerprint density at radius 3 is 2.53 bits per heavy atom. The molecule has 0 heterocycles. The summed E-state index contributed by atoms with van der Waals surface area (Å²) in [6.45, 7) is 4.08. The fourth-order valence-corrected chi connectivity index (χ4v) is 1.82. The van der Waals surface area contributed by atoms with Crippen LogP contribution in [0.15, 0.2) is 18.2 Å². The Hall–Kier alpha value is -1.06. The first-order chi connectivity index (χ1) is 8.08. The van der Waals surface area contributed by atoms with E-state index in [2.05, 4.69) is 19.9 Å². The van der Waals surface area contributed by atoms with Crippen LogP contribution in [0.3, 0.4) is 0 Å². The van der Waals surface area contributed by atoms with Crippen LogP contribution >= 0.6 is 0 Å². The summed E-state index contributed by atoms with van der Waals surface area (Å²) >= 11 is 0. The molecule has 96 valence electrons. The molecule has 0 saturated heterocycles. The first kappa shape index (κ1) is 14.0. The van der Waals surface area contributed by atoms with Gasteiger partial charge in [-0.25, -0.2) is 0 Å². The molecule has 0 aliphatic carbocycles. The predicted molar refractivity (Wildman–Crippen MR) is 68.5 cm³/mol. The molecule has 1 atom stereocenters. The Kier molecular flexibility index (Phi) is 5.45. The number of rotatable bonds is 6. The van der Waals surface area contributed by atoms with E-state index in [0.29, 0.717) is 12.3 Å². The van der Waals surface area contributed by atoms with Crippen molar-refractivity contribution in [2.45, 2.75) is 38.7 Å². The summed E-state index contributed by atoms with van der Waals surface area (Å²) in [6, 6.07) is 6.10. The van der Waals surface area contributed by atoms with Crippen molar-refractivity contribution in [1.82, 2.24) is 0 Å². The lowest BCUT2D eigenvalue weighted by atomic mass is 9.97. The van der Waals surface area contributed by atoms with E-state index in [1.165, 1.54) is 11.1 Å². The third-order valence-corrected chi connectivity index (χ3v) is 2.89. The lowest BCUT2D eigenvalue weighted by molar-refractivity contribution is 0.0886. The Morgan fingerprint density at radius 2 is 2.00 bits per heavy atom. The zero-order valence-electron chi connectivity index (χ0n) is 10.8. The summed E-state index contributed by atoms with van der Waals surface area (Å²) in [5, 5.41) is 18.1. The molecule has 0 aliphatic heterocycles. The van der Waals surface area contributed by atoms with E-state index in [9.17, 15) is 5.11 Å². The monoisotopic (exact) mass is 238 g/mol. The Bertz CT molecular complexity index is 347. The molecule has 2 N–H and O–H groups in total. The summed E-state index contributed by atoms with van der Waals surface area (Å²) in [6.07, 6.45) is 0.728. The maximum atomic E-state index is 9.32. The summed E-state index contributed by atoms with van der Waals surface area (Å²) in [5.41, 5.74) is 2.35. The molecule has 0 aliphatic rings. The van der Waals surface area contributed by atoms with Gasteiger partial charge in [0.15, 0.2) is 0 Å². The van der Waals surface area contributed by atoms with Crippen molar-refractivity contribution in [2.75, 3.05) is 13.7 Å². The molecule has 0 amide bonds. The standard InChI is InChI=1S/C14H22O3/c1-10(2)13-8-11(4-6-12(16)9-15)5-7-14(13)17-3/h5,7-8,10,12,15-16H,4,6,9H2,1-3H3. The van der Waals surface area contributed by atoms with E-state index in [-0.39, 0.29) is 6.61 Å². The third kappa shape index (κ3) is 4.02. The normalized spacial score (nSPS) is 12.8. The Morgan fingerprint density at radius 1 is 1.29 bits per heavy atom. The largest absolute Gasteiger partial charge is 0.496 e. The average molecular weight is 238 g/mol. The molecule has 1 aromatic rings. The van der Waals surface area contributed by atoms with Crippen molar-refractivity contribution in [3.63, 3.8) is 0 Å². The highest BCUT2D eigenvalue weighted by Crippen LogP contribution is 2.27. The molecule has 0 radical (unpaired) electrons. The highest BCUT2D eigenvalue weighted by molar-refractivity contribution is 5.39. The molecular weight excluding hydrogens is 216 g/mol. The second kappa shape index (κ2) is 6.62. The van der Waals surface area contributed by atoms with Crippen LogP contribution in [0.25, 0.3) is 0 Å². The van der Waals surface area contributed by atoms with Crippen LogP contribution in [-0.2, 0) is 6.42 Å². The van der Waals surface area contributed by atoms with Gasteiger partial charge in [-0.1, -0.05) is 26.0 Å². The van der Waals surface area contributed by atoms with E-state index in [1.54, 1.807) is 7.11 Å². The van der Waals surface area contributed by atoms with E-state index < -0.39 is 6.10 Å². The van der Waals surface area contributed by atoms with Crippen LogP contribution in [0.4, 0.5) is 0 Å². The first-order valence-corrected chi connectivity index (χ1v) is 6.04. The minimum Gasteiger partial charge on any atom is -0.496 e. The summed E-state index contributed by atoms with van der Waals surface area (Å²) < 4.78 is 5.32. The predicted octanol–water partition coefficient (Wildman–Crippen LogP) is 2.10. The van der Waals surface area contributed by atoms with Gasteiger partial charge in [0, 0.05) is 0 Å². The van der Waals surface area contributed by atoms with Gasteiger partial charge in [-0.05, 0) is 36.0 Å². The molecule has 1 aromatic carbocycles. The van der Waals surface area contributed by atoms with Crippen molar-refractivity contribution in [1.29, 1.82) is 0 Å². The number of benzene rings is 1. The molecule has 1 unspecified atom stereocenters. The molecule has 1 rings (SSSR count). The zero-order chi connectivity index (χ0) is 12.8. The summed E-state index contributed by atoms with van der Waals surface area (Å²) in [4.78, 5) is 0. The first-order valence-electron chi connectivity index (χ1n) is 6.04. The van der Waals surface area contributed by atoms with Crippen molar-refractivity contribution in [3.05, 3.63) is 29.3 Å². The van der Waals surface area contributed by atoms with Crippen molar-refractivity contribution >= 4 is 0 Å². The zero-order valence-corrected chi connectivity index (χ0v) is 10.8. The number of hydrogen-bond donors (Lipinski definition) is 2. The van der Waals surface area contributed by atoms with Crippen LogP contribution < -0.4 is 4.74 Å². The van der Waals surface area contributed by atoms with Gasteiger partial charge in [0.05, 0.1) is 19.8 Å². The number of ether oxygens (including phenoxy) is 1. The van der Waals surface area contributed by atoms with E-state index in [4.69, 9.17) is 9.84 Å². The van der Waals surface area contributed by atoms with Crippen molar-refractivity contribution in [3.8, 4) is 5.75 Å². The molecule has 0 spiro atoms. The second-order valence-corrected chi connectivity index (χ2v) is 4.61. The minimum atomic E-state index is -0.625. The van der Waals surface area contributed by atoms with E-state index in [1.807, 2.05) is 12.1 Å². The molecule has 0 fully saturated rings. The maximum Gasteiger partial charge on any atom is 0.122 e.